The lowest BCUT2D eigenvalue weighted by molar-refractivity contribution is -0.180. The summed E-state index contributed by atoms with van der Waals surface area (Å²) in [6.07, 6.45) is -0.421. The Labute approximate surface area is 312 Å². The predicted molar refractivity (Wildman–Crippen MR) is 195 cm³/mol. The van der Waals surface area contributed by atoms with Gasteiger partial charge in [0.2, 0.25) is 5.91 Å². The highest BCUT2D eigenvalue weighted by Gasteiger charge is 2.76. The molecule has 1 N–H and O–H groups in total. The zero-order valence-corrected chi connectivity index (χ0v) is 29.6. The van der Waals surface area contributed by atoms with Crippen molar-refractivity contribution in [1.82, 2.24) is 4.90 Å². The van der Waals surface area contributed by atoms with E-state index in [0.717, 1.165) is 10.5 Å². The second-order valence-corrected chi connectivity index (χ2v) is 13.1. The summed E-state index contributed by atoms with van der Waals surface area (Å²) in [5.41, 5.74) is 0.652. The van der Waals surface area contributed by atoms with Gasteiger partial charge in [0.05, 0.1) is 31.0 Å². The van der Waals surface area contributed by atoms with Gasteiger partial charge in [-0.05, 0) is 40.5 Å². The van der Waals surface area contributed by atoms with Crippen LogP contribution in [0.1, 0.15) is 40.4 Å². The van der Waals surface area contributed by atoms with Gasteiger partial charge in [-0.25, -0.2) is 9.69 Å². The number of hydrogen-bond acceptors (Lipinski definition) is 11. The van der Waals surface area contributed by atoms with Crippen molar-refractivity contribution in [1.29, 1.82) is 0 Å². The first-order valence-electron chi connectivity index (χ1n) is 17.7. The molecule has 0 radical (unpaired) electrons. The van der Waals surface area contributed by atoms with Crippen LogP contribution >= 0.6 is 0 Å². The molecule has 54 heavy (non-hydrogen) atoms. The van der Waals surface area contributed by atoms with Crippen LogP contribution in [0, 0.1) is 5.92 Å². The molecule has 0 aromatic heterocycles. The number of amides is 2. The molecule has 0 aliphatic carbocycles. The number of aliphatic hydroxyl groups is 1. The van der Waals surface area contributed by atoms with Gasteiger partial charge in [0, 0.05) is 7.11 Å². The van der Waals surface area contributed by atoms with E-state index >= 15 is 4.79 Å². The highest BCUT2D eigenvalue weighted by molar-refractivity contribution is 6.23. The monoisotopic (exact) mass is 732 g/mol. The van der Waals surface area contributed by atoms with Crippen LogP contribution in [0.3, 0.4) is 0 Å². The molecule has 3 heterocycles. The van der Waals surface area contributed by atoms with Crippen LogP contribution in [-0.4, -0.2) is 80.1 Å². The molecule has 0 unspecified atom stereocenters. The highest BCUT2D eigenvalue weighted by atomic mass is 16.6. The number of esters is 2. The minimum Gasteiger partial charge on any atom is -0.491 e. The zero-order chi connectivity index (χ0) is 37.8. The summed E-state index contributed by atoms with van der Waals surface area (Å²) in [5, 5.41) is 9.39. The van der Waals surface area contributed by atoms with Crippen LogP contribution in [0.4, 0.5) is 10.5 Å². The molecule has 12 nitrogen and oxygen atoms in total. The Bertz CT molecular complexity index is 2010. The van der Waals surface area contributed by atoms with E-state index in [4.69, 9.17) is 23.7 Å². The Kier molecular flexibility index (Phi) is 10.6. The number of carbonyl (C=O) groups excluding carboxylic acids is 4. The van der Waals surface area contributed by atoms with Crippen molar-refractivity contribution in [3.05, 3.63) is 144 Å². The molecule has 7 rings (SSSR count). The van der Waals surface area contributed by atoms with E-state index in [-0.39, 0.29) is 38.7 Å². The van der Waals surface area contributed by atoms with Crippen molar-refractivity contribution >= 4 is 29.6 Å². The number of para-hydroxylation sites is 1. The number of ether oxygens (including phenoxy) is 5. The van der Waals surface area contributed by atoms with Crippen LogP contribution in [0.5, 0.6) is 5.75 Å². The topological polar surface area (TPSA) is 141 Å². The van der Waals surface area contributed by atoms with Gasteiger partial charge in [0.15, 0.2) is 0 Å². The third-order valence-corrected chi connectivity index (χ3v) is 10.2. The maximum atomic E-state index is 15.6. The molecule has 12 heteroatoms. The first kappa shape index (κ1) is 36.5. The van der Waals surface area contributed by atoms with Crippen molar-refractivity contribution in [2.75, 3.05) is 45.0 Å². The van der Waals surface area contributed by atoms with Gasteiger partial charge in [0.25, 0.3) is 0 Å². The van der Waals surface area contributed by atoms with E-state index < -0.39 is 59.5 Å². The van der Waals surface area contributed by atoms with Gasteiger partial charge >= 0.3 is 18.0 Å². The minimum atomic E-state index is -1.93. The Morgan fingerprint density at radius 1 is 0.815 bits per heavy atom. The van der Waals surface area contributed by atoms with Gasteiger partial charge in [-0.3, -0.25) is 19.3 Å². The number of hydrogen-bond donors (Lipinski definition) is 1. The van der Waals surface area contributed by atoms with Gasteiger partial charge < -0.3 is 28.8 Å². The SMILES string of the molecule is C=CCOC(=O)[C@@H]1[C@H]2C(=O)O[C@H](c3ccccc3)[C@H](c3ccccc3)N2[C@H](c2ccc(OCCO)cc2)[C@@]12C(=O)N(C(=O)OCCOC)c1ccccc12. The van der Waals surface area contributed by atoms with Crippen LogP contribution < -0.4 is 9.64 Å². The predicted octanol–water partition coefficient (Wildman–Crippen LogP) is 5.24. The van der Waals surface area contributed by atoms with Crippen molar-refractivity contribution in [2.24, 2.45) is 5.92 Å². The van der Waals surface area contributed by atoms with E-state index in [0.29, 0.717) is 22.4 Å². The molecule has 4 aromatic carbocycles. The summed E-state index contributed by atoms with van der Waals surface area (Å²) in [6.45, 7) is 3.33. The number of nitrogens with zero attached hydrogens (tertiary/aromatic N) is 2. The molecule has 0 bridgehead atoms. The number of rotatable bonds is 12. The molecule has 0 saturated carbocycles. The number of anilines is 1. The zero-order valence-electron chi connectivity index (χ0n) is 29.6. The largest absolute Gasteiger partial charge is 0.491 e. The molecular weight excluding hydrogens is 692 g/mol. The average Bonchev–Trinajstić information content (AvgIpc) is 3.66. The summed E-state index contributed by atoms with van der Waals surface area (Å²) in [4.78, 5) is 61.9. The molecule has 2 saturated heterocycles. The van der Waals surface area contributed by atoms with Gasteiger partial charge in [-0.2, -0.15) is 0 Å². The lowest BCUT2D eigenvalue weighted by Gasteiger charge is -2.46. The lowest BCUT2D eigenvalue weighted by Crippen LogP contribution is -2.53. The highest BCUT2D eigenvalue weighted by Crippen LogP contribution is 2.66. The van der Waals surface area contributed by atoms with Crippen LogP contribution in [0.15, 0.2) is 122 Å². The van der Waals surface area contributed by atoms with E-state index in [1.54, 1.807) is 48.5 Å². The van der Waals surface area contributed by atoms with Crippen molar-refractivity contribution in [3.8, 4) is 5.75 Å². The molecule has 3 aliphatic rings. The molecule has 6 atom stereocenters. The lowest BCUT2D eigenvalue weighted by atomic mass is 9.65. The van der Waals surface area contributed by atoms with Crippen molar-refractivity contribution in [3.63, 3.8) is 0 Å². The molecule has 278 valence electrons. The Balaban J connectivity index is 1.53. The summed E-state index contributed by atoms with van der Waals surface area (Å²) in [6, 6.07) is 29.3. The fourth-order valence-electron chi connectivity index (χ4n) is 8.23. The minimum absolute atomic E-state index is 0.0603. The molecular formula is C42H40N2O10. The van der Waals surface area contributed by atoms with E-state index in [2.05, 4.69) is 6.58 Å². The fraction of sp³-hybridized carbons (Fsp3) is 0.286. The smallest absolute Gasteiger partial charge is 0.421 e. The van der Waals surface area contributed by atoms with E-state index in [1.807, 2.05) is 65.6 Å². The molecule has 1 spiro atoms. The molecule has 2 amide bonds. The Morgan fingerprint density at radius 3 is 2.15 bits per heavy atom. The first-order valence-corrected chi connectivity index (χ1v) is 17.7. The fourth-order valence-corrected chi connectivity index (χ4v) is 8.23. The van der Waals surface area contributed by atoms with E-state index in [1.165, 1.54) is 13.2 Å². The third kappa shape index (κ3) is 6.11. The number of fused-ring (bicyclic) bond motifs is 3. The standard InChI is InChI=1S/C42H40N2O10/c1-3-23-52-38(46)33-35-39(47)54-36(28-14-8-5-9-15-28)34(27-12-6-4-7-13-27)44(35)37(29-18-20-30(21-19-29)51-24-22-45)42(33)31-16-10-11-17-32(31)43(40(42)48)41(49)53-26-25-50-2/h3-21,33-37,45H,1,22-26H2,2H3/t33-,34-,35-,36+,37+,42-/m0/s1. The number of carbonyl (C=O) groups is 4. The number of morpholine rings is 1. The first-order chi connectivity index (χ1) is 26.4. The normalized spacial score (nSPS) is 24.4. The molecule has 2 fully saturated rings. The van der Waals surface area contributed by atoms with Crippen molar-refractivity contribution < 1.29 is 48.0 Å². The summed E-state index contributed by atoms with van der Waals surface area (Å²) < 4.78 is 28.4. The van der Waals surface area contributed by atoms with Gasteiger partial charge in [-0.15, -0.1) is 0 Å². The number of aliphatic hydroxyl groups excluding tert-OH is 1. The number of benzene rings is 4. The maximum absolute atomic E-state index is 15.6. The second-order valence-electron chi connectivity index (χ2n) is 13.1. The van der Waals surface area contributed by atoms with E-state index in [9.17, 15) is 19.5 Å². The number of cyclic esters (lactones) is 1. The van der Waals surface area contributed by atoms with Crippen molar-refractivity contribution in [2.45, 2.75) is 29.6 Å². The second kappa shape index (κ2) is 15.7. The van der Waals surface area contributed by atoms with Gasteiger partial charge in [-0.1, -0.05) is 104 Å². The average molecular weight is 733 g/mol. The Morgan fingerprint density at radius 2 is 1.48 bits per heavy atom. The molecule has 3 aliphatic heterocycles. The summed E-state index contributed by atoms with van der Waals surface area (Å²) >= 11 is 0. The maximum Gasteiger partial charge on any atom is 0.421 e. The van der Waals surface area contributed by atoms with Crippen LogP contribution in [0.25, 0.3) is 0 Å². The Hall–Kier alpha value is -5.82. The number of imide groups is 1. The molecule has 4 aromatic rings. The summed E-state index contributed by atoms with van der Waals surface area (Å²) in [5.74, 6) is -3.38. The van der Waals surface area contributed by atoms with Gasteiger partial charge in [0.1, 0.15) is 49.0 Å². The number of methoxy groups -OCH3 is 1. The quantitative estimate of drug-likeness (QED) is 0.0886. The van der Waals surface area contributed by atoms with Crippen LogP contribution in [-0.2, 0) is 38.7 Å². The van der Waals surface area contributed by atoms with Crippen LogP contribution in [0.2, 0.25) is 0 Å². The third-order valence-electron chi connectivity index (χ3n) is 10.2. The summed E-state index contributed by atoms with van der Waals surface area (Å²) in [7, 11) is 1.46.